The van der Waals surface area contributed by atoms with E-state index in [0.29, 0.717) is 79.7 Å². The molecule has 0 saturated carbocycles. The second-order valence-corrected chi connectivity index (χ2v) is 9.85. The summed E-state index contributed by atoms with van der Waals surface area (Å²) in [6.07, 6.45) is 3.15. The van der Waals surface area contributed by atoms with Crippen LogP contribution in [0.2, 0.25) is 10.0 Å². The van der Waals surface area contributed by atoms with Crippen molar-refractivity contribution in [2.75, 3.05) is 62.3 Å². The molecule has 0 spiro atoms. The molecule has 38 heavy (non-hydrogen) atoms. The van der Waals surface area contributed by atoms with Gasteiger partial charge in [0.15, 0.2) is 0 Å². The lowest BCUT2D eigenvalue weighted by Crippen LogP contribution is -2.48. The van der Waals surface area contributed by atoms with Crippen LogP contribution in [0, 0.1) is 10.1 Å². The third-order valence-electron chi connectivity index (χ3n) is 6.68. The maximum absolute atomic E-state index is 12.8. The first-order valence-electron chi connectivity index (χ1n) is 12.3. The number of nitro benzene ring substituents is 1. The summed E-state index contributed by atoms with van der Waals surface area (Å²) in [4.78, 5) is 30.0. The minimum Gasteiger partial charge on any atom is -0.457 e. The number of morpholine rings is 1. The van der Waals surface area contributed by atoms with Crippen LogP contribution in [0.1, 0.15) is 5.76 Å². The fourth-order valence-electron chi connectivity index (χ4n) is 4.64. The Morgan fingerprint density at radius 3 is 2.39 bits per heavy atom. The number of piperazine rings is 1. The predicted octanol–water partition coefficient (Wildman–Crippen LogP) is 5.36. The van der Waals surface area contributed by atoms with E-state index in [-0.39, 0.29) is 16.5 Å². The Balaban J connectivity index is 1.21. The van der Waals surface area contributed by atoms with Crippen LogP contribution in [-0.2, 0) is 9.53 Å². The van der Waals surface area contributed by atoms with Crippen LogP contribution >= 0.6 is 23.2 Å². The number of hydrogen-bond acceptors (Lipinski definition) is 7. The van der Waals surface area contributed by atoms with Gasteiger partial charge in [-0.15, -0.1) is 0 Å². The lowest BCUT2D eigenvalue weighted by Gasteiger charge is -2.36. The van der Waals surface area contributed by atoms with Crippen molar-refractivity contribution in [3.63, 3.8) is 0 Å². The van der Waals surface area contributed by atoms with Crippen LogP contribution in [0.4, 0.5) is 17.1 Å². The summed E-state index contributed by atoms with van der Waals surface area (Å²) in [5.74, 6) is 1.02. The topological polar surface area (TPSA) is 92.3 Å². The Kier molecular flexibility index (Phi) is 7.87. The van der Waals surface area contributed by atoms with Crippen LogP contribution in [0.25, 0.3) is 17.4 Å². The van der Waals surface area contributed by atoms with E-state index in [2.05, 4.69) is 4.90 Å². The minimum atomic E-state index is -0.344. The summed E-state index contributed by atoms with van der Waals surface area (Å²) in [6, 6.07) is 14.0. The molecule has 1 aromatic heterocycles. The van der Waals surface area contributed by atoms with Gasteiger partial charge in [-0.2, -0.15) is 0 Å². The van der Waals surface area contributed by atoms with E-state index in [0.717, 1.165) is 11.3 Å². The van der Waals surface area contributed by atoms with Gasteiger partial charge in [0.25, 0.3) is 5.69 Å². The number of carbonyl (C=O) groups is 1. The van der Waals surface area contributed by atoms with E-state index >= 15 is 0 Å². The van der Waals surface area contributed by atoms with Crippen LogP contribution < -0.4 is 9.80 Å². The van der Waals surface area contributed by atoms with Gasteiger partial charge in [0, 0.05) is 67.7 Å². The highest BCUT2D eigenvalue weighted by molar-refractivity contribution is 6.36. The van der Waals surface area contributed by atoms with Crippen molar-refractivity contribution < 1.29 is 18.9 Å². The predicted molar refractivity (Wildman–Crippen MR) is 148 cm³/mol. The molecule has 11 heteroatoms. The van der Waals surface area contributed by atoms with Crippen LogP contribution in [0.15, 0.2) is 59.0 Å². The molecule has 2 saturated heterocycles. The van der Waals surface area contributed by atoms with Crippen molar-refractivity contribution in [1.29, 1.82) is 0 Å². The number of nitro groups is 1. The zero-order chi connectivity index (χ0) is 26.6. The van der Waals surface area contributed by atoms with E-state index in [9.17, 15) is 14.9 Å². The molecule has 3 heterocycles. The monoisotopic (exact) mass is 556 g/mol. The molecular formula is C27H26Cl2N4O5. The summed E-state index contributed by atoms with van der Waals surface area (Å²) < 4.78 is 11.2. The van der Waals surface area contributed by atoms with E-state index in [1.165, 1.54) is 6.08 Å². The van der Waals surface area contributed by atoms with Gasteiger partial charge in [-0.3, -0.25) is 14.9 Å². The highest BCUT2D eigenvalue weighted by Crippen LogP contribution is 2.34. The second-order valence-electron chi connectivity index (χ2n) is 9.00. The largest absolute Gasteiger partial charge is 0.457 e. The van der Waals surface area contributed by atoms with Gasteiger partial charge < -0.3 is 23.9 Å². The van der Waals surface area contributed by atoms with Gasteiger partial charge in [0.1, 0.15) is 17.2 Å². The number of rotatable bonds is 6. The fraction of sp³-hybridized carbons (Fsp3) is 0.296. The SMILES string of the molecule is O=C(C=Cc1ccc(-c2ccc(Cl)cc2Cl)o1)N1CCN(c2ccc([N+](=O)[O-])c(N3CCOCC3)c2)CC1. The van der Waals surface area contributed by atoms with Crippen LogP contribution in [-0.4, -0.2) is 68.2 Å². The van der Waals surface area contributed by atoms with Crippen molar-refractivity contribution in [3.8, 4) is 11.3 Å². The third kappa shape index (κ3) is 5.80. The van der Waals surface area contributed by atoms with Crippen molar-refractivity contribution in [2.24, 2.45) is 0 Å². The zero-order valence-electron chi connectivity index (χ0n) is 20.5. The van der Waals surface area contributed by atoms with E-state index in [4.69, 9.17) is 32.4 Å². The summed E-state index contributed by atoms with van der Waals surface area (Å²) >= 11 is 12.2. The number of halogens is 2. The Morgan fingerprint density at radius 2 is 1.68 bits per heavy atom. The van der Waals surface area contributed by atoms with Crippen LogP contribution in [0.5, 0.6) is 0 Å². The third-order valence-corrected chi connectivity index (χ3v) is 7.23. The summed E-state index contributed by atoms with van der Waals surface area (Å²) in [7, 11) is 0. The molecule has 0 N–H and O–H groups in total. The lowest BCUT2D eigenvalue weighted by molar-refractivity contribution is -0.384. The van der Waals surface area contributed by atoms with Crippen molar-refractivity contribution >= 4 is 52.2 Å². The Labute approximate surface area is 229 Å². The number of benzene rings is 2. The molecule has 0 atom stereocenters. The van der Waals surface area contributed by atoms with Crippen molar-refractivity contribution in [3.05, 3.63) is 80.5 Å². The Bertz CT molecular complexity index is 1360. The number of nitrogens with zero attached hydrogens (tertiary/aromatic N) is 4. The fourth-order valence-corrected chi connectivity index (χ4v) is 5.14. The number of hydrogen-bond donors (Lipinski definition) is 0. The van der Waals surface area contributed by atoms with E-state index in [1.54, 1.807) is 53.4 Å². The van der Waals surface area contributed by atoms with Gasteiger partial charge in [-0.25, -0.2) is 0 Å². The minimum absolute atomic E-state index is 0.0917. The average molecular weight is 557 g/mol. The number of furan rings is 1. The molecule has 2 aromatic carbocycles. The molecule has 3 aromatic rings. The molecule has 5 rings (SSSR count). The summed E-state index contributed by atoms with van der Waals surface area (Å²) in [5, 5.41) is 12.6. The molecular weight excluding hydrogens is 531 g/mol. The lowest BCUT2D eigenvalue weighted by atomic mass is 10.1. The standard InChI is InChI=1S/C27H26Cl2N4O5/c28-19-1-5-22(23(29)17-19)26-7-3-21(38-26)4-8-27(34)32-11-9-30(10-12-32)20-2-6-24(33(35)36)25(18-20)31-13-15-37-16-14-31/h1-8,17-18H,9-16H2. The van der Waals surface area contributed by atoms with Crippen molar-refractivity contribution in [2.45, 2.75) is 0 Å². The van der Waals surface area contributed by atoms with Crippen molar-refractivity contribution in [1.82, 2.24) is 4.90 Å². The van der Waals surface area contributed by atoms with E-state index < -0.39 is 0 Å². The zero-order valence-corrected chi connectivity index (χ0v) is 22.0. The smallest absolute Gasteiger partial charge is 0.292 e. The van der Waals surface area contributed by atoms with E-state index in [1.807, 2.05) is 11.0 Å². The number of anilines is 2. The maximum Gasteiger partial charge on any atom is 0.292 e. The highest BCUT2D eigenvalue weighted by atomic mass is 35.5. The quantitative estimate of drug-likeness (QED) is 0.229. The average Bonchev–Trinajstić information content (AvgIpc) is 3.40. The maximum atomic E-state index is 12.8. The first-order valence-corrected chi connectivity index (χ1v) is 13.0. The molecule has 2 aliphatic heterocycles. The molecule has 2 aliphatic rings. The molecule has 0 radical (unpaired) electrons. The van der Waals surface area contributed by atoms with Gasteiger partial charge in [-0.05, 0) is 48.5 Å². The molecule has 2 fully saturated rings. The Morgan fingerprint density at radius 1 is 0.921 bits per heavy atom. The normalized spacial score (nSPS) is 16.3. The van der Waals surface area contributed by atoms with Gasteiger partial charge in [0.05, 0.1) is 23.2 Å². The first kappa shape index (κ1) is 26.1. The molecule has 0 aliphatic carbocycles. The molecule has 0 bridgehead atoms. The highest BCUT2D eigenvalue weighted by Gasteiger charge is 2.25. The van der Waals surface area contributed by atoms with Crippen LogP contribution in [0.3, 0.4) is 0 Å². The first-order chi connectivity index (χ1) is 18.4. The summed E-state index contributed by atoms with van der Waals surface area (Å²) in [6.45, 7) is 4.65. The number of carbonyl (C=O) groups excluding carboxylic acids is 1. The molecule has 9 nitrogen and oxygen atoms in total. The Hall–Kier alpha value is -3.53. The van der Waals surface area contributed by atoms with Gasteiger partial charge in [-0.1, -0.05) is 23.2 Å². The number of amides is 1. The summed E-state index contributed by atoms with van der Waals surface area (Å²) in [5.41, 5.74) is 2.33. The number of ether oxygens (including phenoxy) is 1. The second kappa shape index (κ2) is 11.5. The van der Waals surface area contributed by atoms with Gasteiger partial charge >= 0.3 is 0 Å². The molecule has 0 unspecified atom stereocenters. The molecule has 198 valence electrons. The molecule has 1 amide bonds. The van der Waals surface area contributed by atoms with Gasteiger partial charge in [0.2, 0.25) is 5.91 Å².